The van der Waals surface area contributed by atoms with E-state index >= 15 is 0 Å². The normalized spacial score (nSPS) is 9.69. The van der Waals surface area contributed by atoms with Crippen LogP contribution in [0.2, 0.25) is 0 Å². The molecule has 1 aromatic rings. The first kappa shape index (κ1) is 9.67. The summed E-state index contributed by atoms with van der Waals surface area (Å²) in [5.41, 5.74) is 12.7. The summed E-state index contributed by atoms with van der Waals surface area (Å²) < 4.78 is 5.02. The minimum Gasteiger partial charge on any atom is -0.497 e. The zero-order valence-corrected chi connectivity index (χ0v) is 7.71. The van der Waals surface area contributed by atoms with Gasteiger partial charge in [-0.2, -0.15) is 0 Å². The van der Waals surface area contributed by atoms with E-state index in [0.29, 0.717) is 12.2 Å². The molecule has 0 radical (unpaired) electrons. The SMILES string of the molecule is COc1ccc(NCCN)c(N)c1. The maximum absolute atomic E-state index is 5.75. The van der Waals surface area contributed by atoms with Crippen molar-refractivity contribution in [3.8, 4) is 5.75 Å². The van der Waals surface area contributed by atoms with Crippen molar-refractivity contribution in [3.05, 3.63) is 18.2 Å². The van der Waals surface area contributed by atoms with Crippen LogP contribution in [0, 0.1) is 0 Å². The monoisotopic (exact) mass is 181 g/mol. The minimum atomic E-state index is 0.589. The number of nitrogens with one attached hydrogen (secondary N) is 1. The van der Waals surface area contributed by atoms with Gasteiger partial charge < -0.3 is 21.5 Å². The fourth-order valence-corrected chi connectivity index (χ4v) is 1.04. The number of nitrogen functional groups attached to an aromatic ring is 1. The highest BCUT2D eigenvalue weighted by molar-refractivity contribution is 5.68. The molecule has 1 rings (SSSR count). The van der Waals surface area contributed by atoms with Crippen molar-refractivity contribution in [2.45, 2.75) is 0 Å². The van der Waals surface area contributed by atoms with Crippen LogP contribution in [-0.2, 0) is 0 Å². The van der Waals surface area contributed by atoms with Gasteiger partial charge in [-0.25, -0.2) is 0 Å². The zero-order chi connectivity index (χ0) is 9.68. The molecule has 0 fully saturated rings. The van der Waals surface area contributed by atoms with Gasteiger partial charge in [0.15, 0.2) is 0 Å². The highest BCUT2D eigenvalue weighted by Gasteiger charge is 1.98. The van der Waals surface area contributed by atoms with Crippen LogP contribution in [-0.4, -0.2) is 20.2 Å². The van der Waals surface area contributed by atoms with Gasteiger partial charge in [0.2, 0.25) is 0 Å². The molecule has 0 spiro atoms. The first-order chi connectivity index (χ1) is 6.27. The summed E-state index contributed by atoms with van der Waals surface area (Å²) in [6.07, 6.45) is 0. The summed E-state index contributed by atoms with van der Waals surface area (Å²) in [7, 11) is 1.61. The molecule has 5 N–H and O–H groups in total. The second kappa shape index (κ2) is 4.57. The Labute approximate surface area is 77.9 Å². The summed E-state index contributed by atoms with van der Waals surface area (Å²) in [5, 5.41) is 3.11. The average Bonchev–Trinajstić information content (AvgIpc) is 2.16. The molecule has 0 amide bonds. The third kappa shape index (κ3) is 2.52. The number of nitrogens with two attached hydrogens (primary N) is 2. The Balaban J connectivity index is 2.73. The lowest BCUT2D eigenvalue weighted by Crippen LogP contribution is -2.13. The third-order valence-electron chi connectivity index (χ3n) is 1.72. The molecule has 0 aliphatic carbocycles. The summed E-state index contributed by atoms with van der Waals surface area (Å²) in [4.78, 5) is 0. The Bertz CT molecular complexity index is 276. The first-order valence-corrected chi connectivity index (χ1v) is 4.15. The van der Waals surface area contributed by atoms with Gasteiger partial charge in [0.1, 0.15) is 5.75 Å². The molecule has 0 atom stereocenters. The fraction of sp³-hybridized carbons (Fsp3) is 0.333. The summed E-state index contributed by atoms with van der Waals surface area (Å²) >= 11 is 0. The van der Waals surface area contributed by atoms with E-state index in [1.165, 1.54) is 0 Å². The van der Waals surface area contributed by atoms with Crippen LogP contribution < -0.4 is 21.5 Å². The molecular formula is C9H15N3O. The van der Waals surface area contributed by atoms with Crippen LogP contribution >= 0.6 is 0 Å². The maximum Gasteiger partial charge on any atom is 0.121 e. The van der Waals surface area contributed by atoms with Gasteiger partial charge in [-0.3, -0.25) is 0 Å². The van der Waals surface area contributed by atoms with Crippen LogP contribution in [0.25, 0.3) is 0 Å². The molecule has 13 heavy (non-hydrogen) atoms. The number of rotatable bonds is 4. The lowest BCUT2D eigenvalue weighted by Gasteiger charge is -2.09. The van der Waals surface area contributed by atoms with Crippen LogP contribution in [0.5, 0.6) is 5.75 Å². The lowest BCUT2D eigenvalue weighted by molar-refractivity contribution is 0.415. The molecule has 0 saturated heterocycles. The smallest absolute Gasteiger partial charge is 0.121 e. The number of hydrogen-bond acceptors (Lipinski definition) is 4. The van der Waals surface area contributed by atoms with Gasteiger partial charge in [0.25, 0.3) is 0 Å². The van der Waals surface area contributed by atoms with E-state index in [-0.39, 0.29) is 0 Å². The van der Waals surface area contributed by atoms with Crippen molar-refractivity contribution in [3.63, 3.8) is 0 Å². The van der Waals surface area contributed by atoms with E-state index in [9.17, 15) is 0 Å². The number of methoxy groups -OCH3 is 1. The molecule has 0 aromatic heterocycles. The first-order valence-electron chi connectivity index (χ1n) is 4.15. The Morgan fingerprint density at radius 3 is 2.77 bits per heavy atom. The molecule has 4 heteroatoms. The summed E-state index contributed by atoms with van der Waals surface area (Å²) in [6.45, 7) is 1.31. The van der Waals surface area contributed by atoms with Crippen molar-refractivity contribution in [2.75, 3.05) is 31.2 Å². The Kier molecular flexibility index (Phi) is 3.40. The minimum absolute atomic E-state index is 0.589. The molecule has 0 saturated carbocycles. The van der Waals surface area contributed by atoms with Crippen molar-refractivity contribution < 1.29 is 4.74 Å². The number of anilines is 2. The van der Waals surface area contributed by atoms with E-state index < -0.39 is 0 Å². The number of hydrogen-bond donors (Lipinski definition) is 3. The molecule has 4 nitrogen and oxygen atoms in total. The average molecular weight is 181 g/mol. The predicted octanol–water partition coefficient (Wildman–Crippen LogP) is 0.648. The van der Waals surface area contributed by atoms with Crippen molar-refractivity contribution >= 4 is 11.4 Å². The van der Waals surface area contributed by atoms with E-state index in [1.807, 2.05) is 12.1 Å². The van der Waals surface area contributed by atoms with Crippen LogP contribution in [0.4, 0.5) is 11.4 Å². The molecular weight excluding hydrogens is 166 g/mol. The topological polar surface area (TPSA) is 73.3 Å². The van der Waals surface area contributed by atoms with Gasteiger partial charge in [-0.15, -0.1) is 0 Å². The molecule has 0 aliphatic rings. The molecule has 72 valence electrons. The Hall–Kier alpha value is -1.42. The number of ether oxygens (including phenoxy) is 1. The van der Waals surface area contributed by atoms with E-state index in [1.54, 1.807) is 13.2 Å². The van der Waals surface area contributed by atoms with E-state index in [0.717, 1.165) is 18.0 Å². The van der Waals surface area contributed by atoms with Crippen molar-refractivity contribution in [2.24, 2.45) is 5.73 Å². The predicted molar refractivity (Wildman–Crippen MR) is 55.0 cm³/mol. The third-order valence-corrected chi connectivity index (χ3v) is 1.72. The largest absolute Gasteiger partial charge is 0.497 e. The Morgan fingerprint density at radius 2 is 2.23 bits per heavy atom. The van der Waals surface area contributed by atoms with E-state index in [2.05, 4.69) is 5.32 Å². The van der Waals surface area contributed by atoms with E-state index in [4.69, 9.17) is 16.2 Å². The molecule has 0 unspecified atom stereocenters. The fourth-order valence-electron chi connectivity index (χ4n) is 1.04. The molecule has 0 aliphatic heterocycles. The van der Waals surface area contributed by atoms with Crippen LogP contribution in [0.1, 0.15) is 0 Å². The van der Waals surface area contributed by atoms with Crippen LogP contribution in [0.15, 0.2) is 18.2 Å². The molecule has 0 bridgehead atoms. The van der Waals surface area contributed by atoms with Gasteiger partial charge in [-0.05, 0) is 12.1 Å². The summed E-state index contributed by atoms with van der Waals surface area (Å²) in [6, 6.07) is 5.51. The Morgan fingerprint density at radius 1 is 1.46 bits per heavy atom. The zero-order valence-electron chi connectivity index (χ0n) is 7.71. The highest BCUT2D eigenvalue weighted by atomic mass is 16.5. The maximum atomic E-state index is 5.75. The standard InChI is InChI=1S/C9H15N3O/c1-13-7-2-3-9(8(11)6-7)12-5-4-10/h2-3,6,12H,4-5,10-11H2,1H3. The van der Waals surface area contributed by atoms with Crippen molar-refractivity contribution in [1.82, 2.24) is 0 Å². The van der Waals surface area contributed by atoms with Gasteiger partial charge in [0.05, 0.1) is 18.5 Å². The molecule has 0 heterocycles. The van der Waals surface area contributed by atoms with Crippen molar-refractivity contribution in [1.29, 1.82) is 0 Å². The van der Waals surface area contributed by atoms with Gasteiger partial charge in [-0.1, -0.05) is 0 Å². The molecule has 1 aromatic carbocycles. The quantitative estimate of drug-likeness (QED) is 0.596. The van der Waals surface area contributed by atoms with Gasteiger partial charge >= 0.3 is 0 Å². The van der Waals surface area contributed by atoms with Crippen LogP contribution in [0.3, 0.4) is 0 Å². The second-order valence-corrected chi connectivity index (χ2v) is 2.67. The number of benzene rings is 1. The second-order valence-electron chi connectivity index (χ2n) is 2.67. The highest BCUT2D eigenvalue weighted by Crippen LogP contribution is 2.23. The van der Waals surface area contributed by atoms with Gasteiger partial charge in [0, 0.05) is 19.2 Å². The summed E-state index contributed by atoms with van der Waals surface area (Å²) in [5.74, 6) is 0.760. The lowest BCUT2D eigenvalue weighted by atomic mass is 10.2.